The van der Waals surface area contributed by atoms with Gasteiger partial charge >= 0.3 is 5.97 Å². The van der Waals surface area contributed by atoms with Crippen molar-refractivity contribution in [1.29, 1.82) is 0 Å². The van der Waals surface area contributed by atoms with E-state index in [2.05, 4.69) is 4.99 Å². The van der Waals surface area contributed by atoms with Crippen LogP contribution in [0.3, 0.4) is 0 Å². The van der Waals surface area contributed by atoms with Gasteiger partial charge in [0.1, 0.15) is 17.6 Å². The molecule has 6 nitrogen and oxygen atoms in total. The fraction of sp³-hybridized carbons (Fsp3) is 0.250. The minimum Gasteiger partial charge on any atom is -0.463 e. The summed E-state index contributed by atoms with van der Waals surface area (Å²) in [5.74, 6) is 0.936. The maximum absolute atomic E-state index is 13.2. The van der Waals surface area contributed by atoms with Crippen LogP contribution in [0.4, 0.5) is 0 Å². The van der Waals surface area contributed by atoms with Crippen molar-refractivity contribution < 1.29 is 13.9 Å². The Morgan fingerprint density at radius 3 is 2.82 bits per heavy atom. The number of nitrogens with zero attached hydrogens (tertiary/aromatic N) is 2. The molecule has 0 spiro atoms. The second kappa shape index (κ2) is 7.37. The van der Waals surface area contributed by atoms with Gasteiger partial charge in [0.05, 0.1) is 22.4 Å². The van der Waals surface area contributed by atoms with Gasteiger partial charge in [-0.15, -0.1) is 11.3 Å². The molecular formula is C20H18N2O4S2. The molecule has 0 saturated heterocycles. The van der Waals surface area contributed by atoms with Gasteiger partial charge in [0, 0.05) is 11.0 Å². The standard InChI is InChI=1S/C20H18N2O4S2/c1-4-25-19(24)16-12(3)21-20-22(17(16)14-6-5-9-27-14)18(23)15(28-20)10-13-8-7-11(2)26-13/h5-10,17H,4H2,1-3H3/b15-10+. The Balaban J connectivity index is 1.95. The Bertz CT molecular complexity index is 1240. The highest BCUT2D eigenvalue weighted by molar-refractivity contribution is 7.10. The topological polar surface area (TPSA) is 73.8 Å². The Morgan fingerprint density at radius 1 is 1.36 bits per heavy atom. The Hall–Kier alpha value is -2.71. The lowest BCUT2D eigenvalue weighted by Gasteiger charge is -2.23. The first-order valence-corrected chi connectivity index (χ1v) is 10.5. The van der Waals surface area contributed by atoms with Gasteiger partial charge in [-0.05, 0) is 44.4 Å². The molecule has 28 heavy (non-hydrogen) atoms. The molecule has 0 saturated carbocycles. The first-order chi connectivity index (χ1) is 13.5. The predicted octanol–water partition coefficient (Wildman–Crippen LogP) is 2.76. The monoisotopic (exact) mass is 414 g/mol. The molecule has 0 fully saturated rings. The lowest BCUT2D eigenvalue weighted by molar-refractivity contribution is -0.139. The molecule has 4 heterocycles. The number of thiazole rings is 1. The molecule has 1 unspecified atom stereocenters. The highest BCUT2D eigenvalue weighted by Crippen LogP contribution is 2.33. The van der Waals surface area contributed by atoms with Crippen molar-refractivity contribution in [2.24, 2.45) is 4.99 Å². The van der Waals surface area contributed by atoms with Gasteiger partial charge in [-0.3, -0.25) is 9.36 Å². The third kappa shape index (κ3) is 3.18. The van der Waals surface area contributed by atoms with E-state index in [1.807, 2.05) is 36.6 Å². The van der Waals surface area contributed by atoms with Crippen LogP contribution in [0, 0.1) is 6.92 Å². The third-order valence-electron chi connectivity index (χ3n) is 4.36. The summed E-state index contributed by atoms with van der Waals surface area (Å²) in [5.41, 5.74) is 0.765. The van der Waals surface area contributed by atoms with Gasteiger partial charge in [0.15, 0.2) is 4.80 Å². The summed E-state index contributed by atoms with van der Waals surface area (Å²) in [4.78, 5) is 31.9. The number of hydrogen-bond acceptors (Lipinski definition) is 7. The van der Waals surface area contributed by atoms with E-state index in [9.17, 15) is 9.59 Å². The fourth-order valence-corrected chi connectivity index (χ4v) is 5.02. The molecule has 0 amide bonds. The van der Waals surface area contributed by atoms with Gasteiger partial charge < -0.3 is 9.15 Å². The van der Waals surface area contributed by atoms with Crippen LogP contribution in [0.2, 0.25) is 0 Å². The summed E-state index contributed by atoms with van der Waals surface area (Å²) in [6.45, 7) is 5.65. The quantitative estimate of drug-likeness (QED) is 0.616. The van der Waals surface area contributed by atoms with Crippen molar-refractivity contribution in [1.82, 2.24) is 4.57 Å². The second-order valence-electron chi connectivity index (χ2n) is 6.27. The molecule has 8 heteroatoms. The Morgan fingerprint density at radius 2 is 2.18 bits per heavy atom. The van der Waals surface area contributed by atoms with E-state index in [4.69, 9.17) is 9.15 Å². The second-order valence-corrected chi connectivity index (χ2v) is 8.25. The highest BCUT2D eigenvalue weighted by Gasteiger charge is 2.33. The number of rotatable bonds is 4. The zero-order valence-electron chi connectivity index (χ0n) is 15.6. The van der Waals surface area contributed by atoms with E-state index in [1.54, 1.807) is 24.5 Å². The normalized spacial score (nSPS) is 16.8. The van der Waals surface area contributed by atoms with Crippen LogP contribution < -0.4 is 14.9 Å². The number of esters is 1. The lowest BCUT2D eigenvalue weighted by atomic mass is 10.0. The number of carbonyl (C=O) groups is 1. The molecule has 0 N–H and O–H groups in total. The first kappa shape index (κ1) is 18.6. The molecule has 3 aromatic heterocycles. The summed E-state index contributed by atoms with van der Waals surface area (Å²) in [7, 11) is 0. The van der Waals surface area contributed by atoms with E-state index >= 15 is 0 Å². The van der Waals surface area contributed by atoms with Crippen LogP contribution in [0.5, 0.6) is 0 Å². The number of carbonyl (C=O) groups excluding carboxylic acids is 1. The lowest BCUT2D eigenvalue weighted by Crippen LogP contribution is -2.39. The molecule has 1 aliphatic heterocycles. The van der Waals surface area contributed by atoms with Crippen molar-refractivity contribution in [3.63, 3.8) is 0 Å². The maximum atomic E-state index is 13.2. The molecule has 1 atom stereocenters. The summed E-state index contributed by atoms with van der Waals surface area (Å²) in [6, 6.07) is 6.94. The molecule has 4 rings (SSSR count). The highest BCUT2D eigenvalue weighted by atomic mass is 32.1. The number of aromatic nitrogens is 1. The van der Waals surface area contributed by atoms with Gasteiger partial charge in [-0.25, -0.2) is 9.79 Å². The largest absolute Gasteiger partial charge is 0.463 e. The fourth-order valence-electron chi connectivity index (χ4n) is 3.17. The molecule has 3 aromatic rings. The average Bonchev–Trinajstić information content (AvgIpc) is 3.37. The van der Waals surface area contributed by atoms with Gasteiger partial charge in [0.2, 0.25) is 0 Å². The van der Waals surface area contributed by atoms with E-state index in [-0.39, 0.29) is 12.2 Å². The number of hydrogen-bond donors (Lipinski definition) is 0. The molecule has 0 aromatic carbocycles. The summed E-state index contributed by atoms with van der Waals surface area (Å²) in [6.07, 6.45) is 1.71. The van der Waals surface area contributed by atoms with Crippen LogP contribution >= 0.6 is 22.7 Å². The average molecular weight is 415 g/mol. The van der Waals surface area contributed by atoms with Crippen LogP contribution in [0.25, 0.3) is 6.08 Å². The SMILES string of the molecule is CCOC(=O)C1=C(C)N=c2s/c(=C/c3ccc(C)o3)c(=O)n2C1c1cccs1. The Labute approximate surface area is 168 Å². The first-order valence-electron chi connectivity index (χ1n) is 8.79. The molecule has 144 valence electrons. The molecular weight excluding hydrogens is 396 g/mol. The summed E-state index contributed by atoms with van der Waals surface area (Å²) in [5, 5.41) is 1.93. The number of fused-ring (bicyclic) bond motifs is 1. The van der Waals surface area contributed by atoms with Gasteiger partial charge in [-0.1, -0.05) is 17.4 Å². The molecule has 0 radical (unpaired) electrons. The predicted molar refractivity (Wildman–Crippen MR) is 108 cm³/mol. The van der Waals surface area contributed by atoms with E-state index in [0.717, 1.165) is 10.6 Å². The van der Waals surface area contributed by atoms with Crippen LogP contribution in [-0.4, -0.2) is 17.1 Å². The Kier molecular flexibility index (Phi) is 4.91. The zero-order valence-corrected chi connectivity index (χ0v) is 17.2. The minimum absolute atomic E-state index is 0.203. The molecule has 1 aliphatic rings. The van der Waals surface area contributed by atoms with E-state index in [0.29, 0.717) is 26.4 Å². The van der Waals surface area contributed by atoms with E-state index in [1.165, 1.54) is 22.7 Å². The van der Waals surface area contributed by atoms with Crippen molar-refractivity contribution in [2.45, 2.75) is 26.8 Å². The third-order valence-corrected chi connectivity index (χ3v) is 6.27. The van der Waals surface area contributed by atoms with Crippen LogP contribution in [0.15, 0.2) is 55.1 Å². The number of ether oxygens (including phenoxy) is 1. The van der Waals surface area contributed by atoms with Crippen LogP contribution in [-0.2, 0) is 9.53 Å². The van der Waals surface area contributed by atoms with Crippen molar-refractivity contribution in [3.05, 3.63) is 77.0 Å². The van der Waals surface area contributed by atoms with Crippen molar-refractivity contribution in [3.8, 4) is 0 Å². The zero-order chi connectivity index (χ0) is 19.8. The number of aryl methyl sites for hydroxylation is 1. The number of allylic oxidation sites excluding steroid dienone is 1. The van der Waals surface area contributed by atoms with E-state index < -0.39 is 12.0 Å². The number of thiophene rings is 1. The number of furan rings is 1. The molecule has 0 bridgehead atoms. The maximum Gasteiger partial charge on any atom is 0.338 e. The summed E-state index contributed by atoms with van der Waals surface area (Å²) >= 11 is 2.78. The van der Waals surface area contributed by atoms with Gasteiger partial charge in [0.25, 0.3) is 5.56 Å². The molecule has 0 aliphatic carbocycles. The van der Waals surface area contributed by atoms with Crippen molar-refractivity contribution >= 4 is 34.7 Å². The summed E-state index contributed by atoms with van der Waals surface area (Å²) < 4.78 is 12.9. The van der Waals surface area contributed by atoms with Crippen molar-refractivity contribution in [2.75, 3.05) is 6.61 Å². The van der Waals surface area contributed by atoms with Gasteiger partial charge in [-0.2, -0.15) is 0 Å². The minimum atomic E-state index is -0.546. The van der Waals surface area contributed by atoms with Crippen LogP contribution in [0.1, 0.15) is 36.3 Å². The smallest absolute Gasteiger partial charge is 0.338 e.